The topological polar surface area (TPSA) is 0 Å². The second kappa shape index (κ2) is 10.2. The zero-order valence-corrected chi connectivity index (χ0v) is 22.0. The number of rotatable bonds is 0. The summed E-state index contributed by atoms with van der Waals surface area (Å²) < 4.78 is 0. The van der Waals surface area contributed by atoms with Crippen LogP contribution in [-0.4, -0.2) is 0 Å². The van der Waals surface area contributed by atoms with Gasteiger partial charge in [0.05, 0.1) is 0 Å². The van der Waals surface area contributed by atoms with Crippen molar-refractivity contribution in [2.75, 3.05) is 0 Å². The van der Waals surface area contributed by atoms with Crippen LogP contribution in [0.3, 0.4) is 0 Å². The third kappa shape index (κ3) is 4.49. The first-order valence-corrected chi connectivity index (χ1v) is 13.8. The van der Waals surface area contributed by atoms with Crippen LogP contribution in [0, 0.1) is 0 Å². The van der Waals surface area contributed by atoms with Gasteiger partial charge < -0.3 is 0 Å². The Hall–Kier alpha value is -4.68. The SMILES string of the molecule is C1=Cc2cccc3cccc(c23)C1.c1ccc2c(c1)Cc1ccccc1-2.c1ccc2c(c1)Cc1ccccc1-2. The summed E-state index contributed by atoms with van der Waals surface area (Å²) in [6, 6.07) is 47.6. The Kier molecular flexibility index (Phi) is 6.15. The van der Waals surface area contributed by atoms with Gasteiger partial charge >= 0.3 is 0 Å². The lowest BCUT2D eigenvalue weighted by Crippen LogP contribution is -1.91. The van der Waals surface area contributed by atoms with Gasteiger partial charge in [0.15, 0.2) is 0 Å². The first-order valence-electron chi connectivity index (χ1n) is 13.8. The predicted octanol–water partition coefficient (Wildman–Crippen LogP) is 9.92. The predicted molar refractivity (Wildman–Crippen MR) is 166 cm³/mol. The second-order valence-corrected chi connectivity index (χ2v) is 10.5. The molecule has 0 atom stereocenters. The summed E-state index contributed by atoms with van der Waals surface area (Å²) >= 11 is 0. The maximum Gasteiger partial charge on any atom is -0.00135 e. The fraction of sp³-hybridized carbons (Fsp3) is 0.0769. The molecule has 0 N–H and O–H groups in total. The van der Waals surface area contributed by atoms with Gasteiger partial charge in [-0.3, -0.25) is 0 Å². The summed E-state index contributed by atoms with van der Waals surface area (Å²) in [5.41, 5.74) is 14.3. The van der Waals surface area contributed by atoms with Crippen molar-refractivity contribution in [2.24, 2.45) is 0 Å². The van der Waals surface area contributed by atoms with Gasteiger partial charge in [0.1, 0.15) is 0 Å². The zero-order chi connectivity index (χ0) is 26.0. The van der Waals surface area contributed by atoms with E-state index >= 15 is 0 Å². The lowest BCUT2D eigenvalue weighted by atomic mass is 9.93. The molecule has 0 bridgehead atoms. The van der Waals surface area contributed by atoms with Gasteiger partial charge in [0.2, 0.25) is 0 Å². The molecule has 0 saturated carbocycles. The van der Waals surface area contributed by atoms with E-state index in [0.29, 0.717) is 0 Å². The maximum atomic E-state index is 2.23. The van der Waals surface area contributed by atoms with Crippen LogP contribution in [0.4, 0.5) is 0 Å². The molecule has 0 fully saturated rings. The summed E-state index contributed by atoms with van der Waals surface area (Å²) in [7, 11) is 0. The smallest absolute Gasteiger partial charge is 0.00135 e. The summed E-state index contributed by atoms with van der Waals surface area (Å²) in [6.45, 7) is 0. The van der Waals surface area contributed by atoms with Crippen molar-refractivity contribution < 1.29 is 0 Å². The molecule has 0 amide bonds. The highest BCUT2D eigenvalue weighted by Crippen LogP contribution is 2.36. The Balaban J connectivity index is 0.0000000974. The minimum absolute atomic E-state index is 1.08. The number of fused-ring (bicyclic) bond motifs is 6. The molecule has 186 valence electrons. The molecule has 0 heterocycles. The first-order chi connectivity index (χ1) is 19.3. The first kappa shape index (κ1) is 23.4. The molecule has 0 nitrogen and oxygen atoms in total. The van der Waals surface area contributed by atoms with Gasteiger partial charge in [-0.15, -0.1) is 0 Å². The van der Waals surface area contributed by atoms with Crippen molar-refractivity contribution in [2.45, 2.75) is 19.3 Å². The van der Waals surface area contributed by atoms with E-state index < -0.39 is 0 Å². The standard InChI is InChI=1S/3C13H10/c1-4-10-6-2-8-12-9-3-7-11(5-1)13(10)12;2*1-3-7-12-10(5-1)9-11-6-2-4-8-13(11)12/h3*1-8H,9H2. The zero-order valence-electron chi connectivity index (χ0n) is 22.0. The number of benzene rings is 6. The van der Waals surface area contributed by atoms with Gasteiger partial charge in [-0.2, -0.15) is 0 Å². The summed E-state index contributed by atoms with van der Waals surface area (Å²) in [5, 5.41) is 2.80. The average molecular weight is 499 g/mol. The van der Waals surface area contributed by atoms with E-state index in [2.05, 4.69) is 146 Å². The largest absolute Gasteiger partial charge is 0.0795 e. The molecule has 3 aliphatic carbocycles. The van der Waals surface area contributed by atoms with Crippen molar-refractivity contribution in [3.8, 4) is 22.3 Å². The Morgan fingerprint density at radius 3 is 1.26 bits per heavy atom. The van der Waals surface area contributed by atoms with Gasteiger partial charge in [-0.25, -0.2) is 0 Å². The second-order valence-electron chi connectivity index (χ2n) is 10.5. The summed E-state index contributed by atoms with van der Waals surface area (Å²) in [5.74, 6) is 0. The van der Waals surface area contributed by atoms with Gasteiger partial charge in [0, 0.05) is 0 Å². The monoisotopic (exact) mass is 498 g/mol. The van der Waals surface area contributed by atoms with Crippen LogP contribution < -0.4 is 0 Å². The Morgan fingerprint density at radius 1 is 0.359 bits per heavy atom. The quantitative estimate of drug-likeness (QED) is 0.195. The molecule has 6 aromatic carbocycles. The van der Waals surface area contributed by atoms with Crippen LogP contribution >= 0.6 is 0 Å². The number of hydrogen-bond acceptors (Lipinski definition) is 0. The molecule has 3 aliphatic rings. The molecular formula is C39H30. The molecule has 6 aromatic rings. The van der Waals surface area contributed by atoms with Crippen LogP contribution in [0.15, 0.2) is 140 Å². The Labute approximate surface area is 230 Å². The fourth-order valence-electron chi connectivity index (χ4n) is 6.23. The maximum absolute atomic E-state index is 2.23. The van der Waals surface area contributed by atoms with Crippen LogP contribution in [0.1, 0.15) is 33.4 Å². The number of allylic oxidation sites excluding steroid dienone is 1. The minimum Gasteiger partial charge on any atom is -0.0795 e. The Morgan fingerprint density at radius 2 is 0.769 bits per heavy atom. The summed E-state index contributed by atoms with van der Waals surface area (Å²) in [4.78, 5) is 0. The van der Waals surface area contributed by atoms with Crippen LogP contribution in [-0.2, 0) is 19.3 Å². The van der Waals surface area contributed by atoms with Crippen molar-refractivity contribution in [3.63, 3.8) is 0 Å². The average Bonchev–Trinajstić information content (AvgIpc) is 3.57. The fourth-order valence-corrected chi connectivity index (χ4v) is 6.23. The molecule has 0 spiro atoms. The molecule has 0 aromatic heterocycles. The van der Waals surface area contributed by atoms with Crippen LogP contribution in [0.25, 0.3) is 39.1 Å². The highest BCUT2D eigenvalue weighted by atomic mass is 14.2. The minimum atomic E-state index is 1.08. The van der Waals surface area contributed by atoms with Crippen molar-refractivity contribution in [3.05, 3.63) is 173 Å². The third-order valence-electron chi connectivity index (χ3n) is 8.07. The van der Waals surface area contributed by atoms with Crippen LogP contribution in [0.5, 0.6) is 0 Å². The molecule has 9 rings (SSSR count). The van der Waals surface area contributed by atoms with E-state index in [0.717, 1.165) is 19.3 Å². The van der Waals surface area contributed by atoms with Gasteiger partial charge in [-0.05, 0) is 85.7 Å². The summed E-state index contributed by atoms with van der Waals surface area (Å²) in [6.07, 6.45) is 7.74. The van der Waals surface area contributed by atoms with Gasteiger partial charge in [-0.1, -0.05) is 146 Å². The molecule has 0 radical (unpaired) electrons. The molecule has 0 saturated heterocycles. The highest BCUT2D eigenvalue weighted by molar-refractivity contribution is 5.94. The van der Waals surface area contributed by atoms with E-state index in [1.165, 1.54) is 66.4 Å². The van der Waals surface area contributed by atoms with E-state index in [1.54, 1.807) is 0 Å². The normalized spacial score (nSPS) is 12.7. The van der Waals surface area contributed by atoms with Crippen molar-refractivity contribution in [1.82, 2.24) is 0 Å². The molecule has 0 heteroatoms. The van der Waals surface area contributed by atoms with Crippen LogP contribution in [0.2, 0.25) is 0 Å². The number of hydrogen-bond donors (Lipinski definition) is 0. The van der Waals surface area contributed by atoms with Gasteiger partial charge in [0.25, 0.3) is 0 Å². The molecule has 0 unspecified atom stereocenters. The Bertz CT molecular complexity index is 1650. The lowest BCUT2D eigenvalue weighted by Gasteiger charge is -2.11. The van der Waals surface area contributed by atoms with E-state index in [9.17, 15) is 0 Å². The molecule has 0 aliphatic heterocycles. The van der Waals surface area contributed by atoms with E-state index in [1.807, 2.05) is 0 Å². The third-order valence-corrected chi connectivity index (χ3v) is 8.07. The molecular weight excluding hydrogens is 468 g/mol. The van der Waals surface area contributed by atoms with Crippen molar-refractivity contribution in [1.29, 1.82) is 0 Å². The van der Waals surface area contributed by atoms with E-state index in [4.69, 9.17) is 0 Å². The highest BCUT2D eigenvalue weighted by Gasteiger charge is 2.17. The van der Waals surface area contributed by atoms with Crippen molar-refractivity contribution >= 4 is 16.8 Å². The lowest BCUT2D eigenvalue weighted by molar-refractivity contribution is 1.26. The van der Waals surface area contributed by atoms with E-state index in [-0.39, 0.29) is 0 Å². The molecule has 39 heavy (non-hydrogen) atoms.